The zero-order chi connectivity index (χ0) is 10.7. The molecule has 0 N–H and O–H groups in total. The van der Waals surface area contributed by atoms with Gasteiger partial charge in [-0.1, -0.05) is 0 Å². The van der Waals surface area contributed by atoms with Crippen molar-refractivity contribution in [1.82, 2.24) is 9.97 Å². The minimum Gasteiger partial charge on any atom is -0.356 e. The van der Waals surface area contributed by atoms with Crippen LogP contribution >= 0.6 is 0 Å². The normalized spacial score (nSPS) is 18.1. The first-order valence-corrected chi connectivity index (χ1v) is 5.40. The number of hydrogen-bond acceptors (Lipinski definition) is 3. The van der Waals surface area contributed by atoms with E-state index in [9.17, 15) is 4.39 Å². The van der Waals surface area contributed by atoms with E-state index in [-0.39, 0.29) is 12.6 Å². The Hall–Kier alpha value is -1.19. The van der Waals surface area contributed by atoms with E-state index < -0.39 is 0 Å². The minimum atomic E-state index is -0.184. The first-order valence-electron chi connectivity index (χ1n) is 5.40. The molecule has 0 spiro atoms. The van der Waals surface area contributed by atoms with Gasteiger partial charge in [0.2, 0.25) is 0 Å². The first kappa shape index (κ1) is 10.3. The smallest absolute Gasteiger partial charge is 0.132 e. The lowest BCUT2D eigenvalue weighted by atomic mass is 9.98. The van der Waals surface area contributed by atoms with E-state index in [2.05, 4.69) is 14.9 Å². The van der Waals surface area contributed by atoms with E-state index in [0.717, 1.165) is 37.6 Å². The number of alkyl halides is 1. The number of hydrogen-bond donors (Lipinski definition) is 0. The third kappa shape index (κ3) is 2.43. The molecule has 0 aliphatic carbocycles. The second kappa shape index (κ2) is 4.55. The maximum atomic E-state index is 12.4. The van der Waals surface area contributed by atoms with Gasteiger partial charge in [-0.05, 0) is 31.7 Å². The third-order valence-electron chi connectivity index (χ3n) is 2.92. The predicted octanol–water partition coefficient (Wildman–Crippen LogP) is 1.97. The maximum absolute atomic E-state index is 12.4. The molecule has 0 atom stereocenters. The van der Waals surface area contributed by atoms with Crippen LogP contribution in [-0.4, -0.2) is 29.7 Å². The van der Waals surface area contributed by atoms with E-state index in [0.29, 0.717) is 0 Å². The van der Waals surface area contributed by atoms with Crippen LogP contribution in [0.3, 0.4) is 0 Å². The maximum Gasteiger partial charge on any atom is 0.132 e. The van der Waals surface area contributed by atoms with Crippen molar-refractivity contribution in [3.05, 3.63) is 18.1 Å². The number of aryl methyl sites for hydroxylation is 1. The molecule has 1 aromatic heterocycles. The van der Waals surface area contributed by atoms with Gasteiger partial charge in [0.1, 0.15) is 11.6 Å². The fraction of sp³-hybridized carbons (Fsp3) is 0.636. The van der Waals surface area contributed by atoms with Crippen molar-refractivity contribution in [1.29, 1.82) is 0 Å². The van der Waals surface area contributed by atoms with Crippen molar-refractivity contribution in [3.63, 3.8) is 0 Å². The van der Waals surface area contributed by atoms with Crippen LogP contribution in [0.5, 0.6) is 0 Å². The van der Waals surface area contributed by atoms with Gasteiger partial charge in [0.05, 0.1) is 6.67 Å². The van der Waals surface area contributed by atoms with Crippen LogP contribution in [0.25, 0.3) is 0 Å². The molecule has 2 heterocycles. The van der Waals surface area contributed by atoms with Crippen molar-refractivity contribution in [2.75, 3.05) is 24.7 Å². The summed E-state index contributed by atoms with van der Waals surface area (Å²) in [4.78, 5) is 10.6. The molecule has 82 valence electrons. The summed E-state index contributed by atoms with van der Waals surface area (Å²) in [6, 6.07) is 1.92. The zero-order valence-electron chi connectivity index (χ0n) is 8.99. The Labute approximate surface area is 89.3 Å². The van der Waals surface area contributed by atoms with Crippen molar-refractivity contribution in [2.45, 2.75) is 19.8 Å². The van der Waals surface area contributed by atoms with Gasteiger partial charge in [-0.2, -0.15) is 0 Å². The molecule has 3 nitrogen and oxygen atoms in total. The van der Waals surface area contributed by atoms with Crippen LogP contribution < -0.4 is 4.90 Å². The summed E-state index contributed by atoms with van der Waals surface area (Å²) < 4.78 is 12.4. The van der Waals surface area contributed by atoms with Gasteiger partial charge in [0.25, 0.3) is 0 Å². The fourth-order valence-electron chi connectivity index (χ4n) is 1.94. The Morgan fingerprint density at radius 1 is 1.47 bits per heavy atom. The highest BCUT2D eigenvalue weighted by Gasteiger charge is 2.19. The molecule has 0 aromatic carbocycles. The van der Waals surface area contributed by atoms with Crippen molar-refractivity contribution >= 4 is 5.82 Å². The van der Waals surface area contributed by atoms with E-state index in [4.69, 9.17) is 0 Å². The number of nitrogens with zero attached hydrogens (tertiary/aromatic N) is 3. The molecular weight excluding hydrogens is 193 g/mol. The van der Waals surface area contributed by atoms with Crippen LogP contribution in [0.15, 0.2) is 12.3 Å². The molecule has 2 rings (SSSR count). The number of piperidine rings is 1. The van der Waals surface area contributed by atoms with Crippen LogP contribution in [-0.2, 0) is 0 Å². The molecule has 0 bridgehead atoms. The average molecular weight is 209 g/mol. The quantitative estimate of drug-likeness (QED) is 0.745. The van der Waals surface area contributed by atoms with Gasteiger partial charge in [0, 0.05) is 19.3 Å². The summed E-state index contributed by atoms with van der Waals surface area (Å²) in [6.07, 6.45) is 3.64. The Bertz CT molecular complexity index is 321. The molecule has 1 aliphatic heterocycles. The highest BCUT2D eigenvalue weighted by Crippen LogP contribution is 2.21. The number of anilines is 1. The van der Waals surface area contributed by atoms with E-state index in [1.807, 2.05) is 13.0 Å². The minimum absolute atomic E-state index is 0.184. The monoisotopic (exact) mass is 209 g/mol. The molecule has 1 aliphatic rings. The molecule has 1 saturated heterocycles. The van der Waals surface area contributed by atoms with Gasteiger partial charge in [-0.15, -0.1) is 0 Å². The average Bonchev–Trinajstić information content (AvgIpc) is 2.29. The second-order valence-corrected chi connectivity index (χ2v) is 4.05. The highest BCUT2D eigenvalue weighted by atomic mass is 19.1. The third-order valence-corrected chi connectivity index (χ3v) is 2.92. The van der Waals surface area contributed by atoms with Crippen molar-refractivity contribution in [3.8, 4) is 0 Å². The van der Waals surface area contributed by atoms with Gasteiger partial charge < -0.3 is 4.90 Å². The lowest BCUT2D eigenvalue weighted by Gasteiger charge is -2.31. The number of halogens is 1. The van der Waals surface area contributed by atoms with E-state index in [1.54, 1.807) is 6.20 Å². The molecule has 0 radical (unpaired) electrons. The Kier molecular flexibility index (Phi) is 3.14. The van der Waals surface area contributed by atoms with Crippen molar-refractivity contribution in [2.24, 2.45) is 5.92 Å². The molecule has 0 amide bonds. The van der Waals surface area contributed by atoms with Crippen LogP contribution in [0.1, 0.15) is 18.7 Å². The molecular formula is C11H16FN3. The molecule has 1 aromatic rings. The summed E-state index contributed by atoms with van der Waals surface area (Å²) in [5.41, 5.74) is 0. The van der Waals surface area contributed by atoms with Gasteiger partial charge in [-0.3, -0.25) is 4.39 Å². The summed E-state index contributed by atoms with van der Waals surface area (Å²) >= 11 is 0. The SMILES string of the molecule is Cc1nccc(N2CCC(CF)CC2)n1. The zero-order valence-corrected chi connectivity index (χ0v) is 8.99. The molecule has 1 fully saturated rings. The Morgan fingerprint density at radius 2 is 2.20 bits per heavy atom. The molecule has 15 heavy (non-hydrogen) atoms. The van der Waals surface area contributed by atoms with Gasteiger partial charge in [0.15, 0.2) is 0 Å². The topological polar surface area (TPSA) is 29.0 Å². The molecule has 0 unspecified atom stereocenters. The summed E-state index contributed by atoms with van der Waals surface area (Å²) in [5, 5.41) is 0. The Balaban J connectivity index is 2.01. The van der Waals surface area contributed by atoms with Crippen molar-refractivity contribution < 1.29 is 4.39 Å². The standard InChI is InChI=1S/C11H16FN3/c1-9-13-5-2-11(14-9)15-6-3-10(8-12)4-7-15/h2,5,10H,3-4,6-8H2,1H3. The van der Waals surface area contributed by atoms with Gasteiger partial charge in [-0.25, -0.2) is 9.97 Å². The van der Waals surface area contributed by atoms with Gasteiger partial charge >= 0.3 is 0 Å². The molecule has 0 saturated carbocycles. The Morgan fingerprint density at radius 3 is 2.80 bits per heavy atom. The lowest BCUT2D eigenvalue weighted by Crippen LogP contribution is -2.34. The van der Waals surface area contributed by atoms with Crippen LogP contribution in [0.4, 0.5) is 10.2 Å². The number of aromatic nitrogens is 2. The molecule has 4 heteroatoms. The lowest BCUT2D eigenvalue weighted by molar-refractivity contribution is 0.307. The largest absolute Gasteiger partial charge is 0.356 e. The predicted molar refractivity (Wildman–Crippen MR) is 57.7 cm³/mol. The van der Waals surface area contributed by atoms with E-state index in [1.165, 1.54) is 0 Å². The van der Waals surface area contributed by atoms with Crippen LogP contribution in [0.2, 0.25) is 0 Å². The first-order chi connectivity index (χ1) is 7.29. The summed E-state index contributed by atoms with van der Waals surface area (Å²) in [5.74, 6) is 2.02. The summed E-state index contributed by atoms with van der Waals surface area (Å²) in [6.45, 7) is 3.52. The summed E-state index contributed by atoms with van der Waals surface area (Å²) in [7, 11) is 0. The fourth-order valence-corrected chi connectivity index (χ4v) is 1.94. The van der Waals surface area contributed by atoms with E-state index >= 15 is 0 Å². The van der Waals surface area contributed by atoms with Crippen LogP contribution in [0, 0.1) is 12.8 Å². The second-order valence-electron chi connectivity index (χ2n) is 4.05. The number of rotatable bonds is 2. The highest BCUT2D eigenvalue weighted by molar-refractivity contribution is 5.37.